The fraction of sp³-hybridized carbons (Fsp3) is 0.846. The highest BCUT2D eigenvalue weighted by Gasteiger charge is 2.41. The number of carbonyl (C=O) groups excluding carboxylic acids is 2. The van der Waals surface area contributed by atoms with Crippen molar-refractivity contribution in [1.29, 1.82) is 0 Å². The van der Waals surface area contributed by atoms with Crippen LogP contribution >= 0.6 is 0 Å². The molecule has 2 amide bonds. The number of fused-ring (bicyclic) bond motifs is 1. The van der Waals surface area contributed by atoms with Gasteiger partial charge in [-0.1, -0.05) is 6.92 Å². The van der Waals surface area contributed by atoms with E-state index >= 15 is 0 Å². The molecule has 0 radical (unpaired) electrons. The Morgan fingerprint density at radius 3 is 3.06 bits per heavy atom. The van der Waals surface area contributed by atoms with Gasteiger partial charge in [0.25, 0.3) is 0 Å². The van der Waals surface area contributed by atoms with E-state index < -0.39 is 0 Å². The molecule has 2 aliphatic heterocycles. The predicted molar refractivity (Wildman–Crippen MR) is 69.1 cm³/mol. The third kappa shape index (κ3) is 3.02. The van der Waals surface area contributed by atoms with E-state index in [1.807, 2.05) is 11.8 Å². The van der Waals surface area contributed by atoms with E-state index in [9.17, 15) is 9.59 Å². The Kier molecular flexibility index (Phi) is 4.58. The van der Waals surface area contributed by atoms with Crippen LogP contribution in [0.15, 0.2) is 0 Å². The lowest BCUT2D eigenvalue weighted by atomic mass is 10.1. The molecule has 5 nitrogen and oxygen atoms in total. The maximum atomic E-state index is 11.7. The van der Waals surface area contributed by atoms with Crippen LogP contribution in [0.5, 0.6) is 0 Å². The van der Waals surface area contributed by atoms with Crippen molar-refractivity contribution >= 4 is 11.8 Å². The third-order valence-corrected chi connectivity index (χ3v) is 3.81. The fourth-order valence-electron chi connectivity index (χ4n) is 2.89. The average Bonchev–Trinajstić information content (AvgIpc) is 2.92. The van der Waals surface area contributed by atoms with Gasteiger partial charge in [0.15, 0.2) is 0 Å². The van der Waals surface area contributed by atoms with Gasteiger partial charge in [0.2, 0.25) is 11.8 Å². The highest BCUT2D eigenvalue weighted by Crippen LogP contribution is 2.28. The van der Waals surface area contributed by atoms with E-state index in [2.05, 4.69) is 10.6 Å². The molecule has 0 aliphatic carbocycles. The van der Waals surface area contributed by atoms with Crippen LogP contribution in [-0.4, -0.2) is 48.4 Å². The normalized spacial score (nSPS) is 26.5. The summed E-state index contributed by atoms with van der Waals surface area (Å²) in [6, 6.07) is 0.621. The molecule has 2 fully saturated rings. The van der Waals surface area contributed by atoms with Gasteiger partial charge in [0.05, 0.1) is 0 Å². The third-order valence-electron chi connectivity index (χ3n) is 3.81. The minimum Gasteiger partial charge on any atom is -0.356 e. The number of hydrogen-bond donors (Lipinski definition) is 2. The second-order valence-electron chi connectivity index (χ2n) is 5.16. The van der Waals surface area contributed by atoms with Gasteiger partial charge in [-0.05, 0) is 19.3 Å². The number of nitrogens with zero attached hydrogens (tertiary/aromatic N) is 1. The van der Waals surface area contributed by atoms with E-state index in [4.69, 9.17) is 0 Å². The maximum absolute atomic E-state index is 11.7. The molecule has 2 atom stereocenters. The molecule has 0 aromatic carbocycles. The van der Waals surface area contributed by atoms with E-state index in [0.29, 0.717) is 25.4 Å². The summed E-state index contributed by atoms with van der Waals surface area (Å²) in [4.78, 5) is 25.1. The molecule has 5 heteroatoms. The van der Waals surface area contributed by atoms with Gasteiger partial charge in [0.1, 0.15) is 0 Å². The molecule has 2 N–H and O–H groups in total. The van der Waals surface area contributed by atoms with Crippen molar-refractivity contribution in [3.8, 4) is 0 Å². The second-order valence-corrected chi connectivity index (χ2v) is 5.16. The van der Waals surface area contributed by atoms with E-state index in [1.165, 1.54) is 0 Å². The SMILES string of the molecule is CCCNC(=O)CCNC1CC(=O)N2CCCC12. The Morgan fingerprint density at radius 1 is 1.44 bits per heavy atom. The summed E-state index contributed by atoms with van der Waals surface area (Å²) in [5.74, 6) is 0.363. The quantitative estimate of drug-likeness (QED) is 0.713. The minimum absolute atomic E-state index is 0.0944. The van der Waals surface area contributed by atoms with Crippen molar-refractivity contribution < 1.29 is 9.59 Å². The first-order chi connectivity index (χ1) is 8.72. The van der Waals surface area contributed by atoms with Gasteiger partial charge in [0, 0.05) is 44.6 Å². The van der Waals surface area contributed by atoms with Crippen molar-refractivity contribution in [2.24, 2.45) is 0 Å². The number of carbonyl (C=O) groups is 2. The Bertz CT molecular complexity index is 319. The Hall–Kier alpha value is -1.10. The molecule has 2 heterocycles. The zero-order valence-corrected chi connectivity index (χ0v) is 11.1. The largest absolute Gasteiger partial charge is 0.356 e. The molecule has 2 unspecified atom stereocenters. The van der Waals surface area contributed by atoms with Gasteiger partial charge in [-0.3, -0.25) is 9.59 Å². The van der Waals surface area contributed by atoms with Gasteiger partial charge in [-0.2, -0.15) is 0 Å². The van der Waals surface area contributed by atoms with Crippen molar-refractivity contribution in [3.05, 3.63) is 0 Å². The summed E-state index contributed by atoms with van der Waals surface area (Å²) in [6.07, 6.45) is 4.28. The number of amides is 2. The lowest BCUT2D eigenvalue weighted by Gasteiger charge is -2.20. The predicted octanol–water partition coefficient (Wildman–Crippen LogP) is 0.256. The number of rotatable bonds is 6. The first-order valence-electron chi connectivity index (χ1n) is 7.02. The van der Waals surface area contributed by atoms with Crippen molar-refractivity contribution in [1.82, 2.24) is 15.5 Å². The zero-order valence-electron chi connectivity index (χ0n) is 11.1. The maximum Gasteiger partial charge on any atom is 0.224 e. The molecule has 0 saturated carbocycles. The topological polar surface area (TPSA) is 61.4 Å². The Morgan fingerprint density at radius 2 is 2.28 bits per heavy atom. The lowest BCUT2D eigenvalue weighted by molar-refractivity contribution is -0.127. The summed E-state index contributed by atoms with van der Waals surface area (Å²) in [7, 11) is 0. The van der Waals surface area contributed by atoms with E-state index in [-0.39, 0.29) is 17.9 Å². The molecular weight excluding hydrogens is 230 g/mol. The van der Waals surface area contributed by atoms with Crippen LogP contribution in [0.3, 0.4) is 0 Å². The zero-order chi connectivity index (χ0) is 13.0. The highest BCUT2D eigenvalue weighted by atomic mass is 16.2. The summed E-state index contributed by atoms with van der Waals surface area (Å²) in [5.41, 5.74) is 0. The number of nitrogens with one attached hydrogen (secondary N) is 2. The molecule has 2 saturated heterocycles. The molecule has 18 heavy (non-hydrogen) atoms. The smallest absolute Gasteiger partial charge is 0.224 e. The highest BCUT2D eigenvalue weighted by molar-refractivity contribution is 5.80. The minimum atomic E-state index is 0.0944. The molecule has 2 aliphatic rings. The molecule has 0 bridgehead atoms. The van der Waals surface area contributed by atoms with Crippen LogP contribution in [0, 0.1) is 0 Å². The van der Waals surface area contributed by atoms with E-state index in [1.54, 1.807) is 0 Å². The lowest BCUT2D eigenvalue weighted by Crippen LogP contribution is -2.40. The van der Waals surface area contributed by atoms with Crippen LogP contribution in [0.1, 0.15) is 39.0 Å². The molecule has 0 spiro atoms. The van der Waals surface area contributed by atoms with Crippen LogP contribution in [0.4, 0.5) is 0 Å². The van der Waals surface area contributed by atoms with Crippen LogP contribution in [-0.2, 0) is 9.59 Å². The summed E-state index contributed by atoms with van der Waals surface area (Å²) in [6.45, 7) is 4.37. The first-order valence-corrected chi connectivity index (χ1v) is 7.02. The molecule has 0 aromatic rings. The van der Waals surface area contributed by atoms with Crippen LogP contribution in [0.25, 0.3) is 0 Å². The van der Waals surface area contributed by atoms with Crippen molar-refractivity contribution in [2.75, 3.05) is 19.6 Å². The van der Waals surface area contributed by atoms with Gasteiger partial charge in [-0.25, -0.2) is 0 Å². The van der Waals surface area contributed by atoms with Gasteiger partial charge in [-0.15, -0.1) is 0 Å². The summed E-state index contributed by atoms with van der Waals surface area (Å²) in [5, 5.41) is 6.22. The first kappa shape index (κ1) is 13.3. The summed E-state index contributed by atoms with van der Waals surface area (Å²) < 4.78 is 0. The van der Waals surface area contributed by atoms with Gasteiger partial charge >= 0.3 is 0 Å². The summed E-state index contributed by atoms with van der Waals surface area (Å²) >= 11 is 0. The fourth-order valence-corrected chi connectivity index (χ4v) is 2.89. The molecule has 102 valence electrons. The number of hydrogen-bond acceptors (Lipinski definition) is 3. The van der Waals surface area contributed by atoms with Crippen molar-refractivity contribution in [3.63, 3.8) is 0 Å². The van der Waals surface area contributed by atoms with Crippen LogP contribution < -0.4 is 10.6 Å². The standard InChI is InChI=1S/C13H23N3O2/c1-2-6-15-12(17)5-7-14-10-9-13(18)16-8-3-4-11(10)16/h10-11,14H,2-9H2,1H3,(H,15,17). The van der Waals surface area contributed by atoms with Crippen LogP contribution in [0.2, 0.25) is 0 Å². The average molecular weight is 253 g/mol. The molecule has 2 rings (SSSR count). The Balaban J connectivity index is 1.68. The second kappa shape index (κ2) is 6.18. The van der Waals surface area contributed by atoms with Gasteiger partial charge < -0.3 is 15.5 Å². The van der Waals surface area contributed by atoms with E-state index in [0.717, 1.165) is 32.4 Å². The molecular formula is C13H23N3O2. The van der Waals surface area contributed by atoms with Crippen molar-refractivity contribution in [2.45, 2.75) is 51.1 Å². The molecule has 0 aromatic heterocycles. The Labute approximate surface area is 108 Å². The monoisotopic (exact) mass is 253 g/mol.